The average molecular weight is 341 g/mol. The lowest BCUT2D eigenvalue weighted by Gasteiger charge is -2.18. The first-order valence-electron chi connectivity index (χ1n) is 7.57. The third-order valence-corrected chi connectivity index (χ3v) is 3.25. The van der Waals surface area contributed by atoms with Crippen LogP contribution in [0.5, 0.6) is 5.75 Å². The van der Waals surface area contributed by atoms with Crippen LogP contribution in [0.4, 0.5) is 0 Å². The van der Waals surface area contributed by atoms with Crippen LogP contribution in [0.3, 0.4) is 0 Å². The zero-order valence-electron chi connectivity index (χ0n) is 14.1. The highest BCUT2D eigenvalue weighted by Crippen LogP contribution is 2.23. The van der Waals surface area contributed by atoms with Crippen molar-refractivity contribution in [2.24, 2.45) is 4.99 Å². The molecule has 6 nitrogen and oxygen atoms in total. The SMILES string of the molecule is CCNC(=NCC(=O)N(C)C)NCC(C)Oc1ccccc1Cl. The maximum atomic E-state index is 11.6. The molecule has 1 aromatic rings. The average Bonchev–Trinajstić information content (AvgIpc) is 2.51. The van der Waals surface area contributed by atoms with E-state index in [1.165, 1.54) is 4.90 Å². The second-order valence-electron chi connectivity index (χ2n) is 5.22. The van der Waals surface area contributed by atoms with Gasteiger partial charge in [0.1, 0.15) is 18.4 Å². The van der Waals surface area contributed by atoms with Crippen LogP contribution < -0.4 is 15.4 Å². The number of guanidine groups is 1. The molecule has 23 heavy (non-hydrogen) atoms. The molecule has 128 valence electrons. The molecular weight excluding hydrogens is 316 g/mol. The number of ether oxygens (including phenoxy) is 1. The highest BCUT2D eigenvalue weighted by atomic mass is 35.5. The summed E-state index contributed by atoms with van der Waals surface area (Å²) in [6.07, 6.45) is -0.108. The molecule has 0 radical (unpaired) electrons. The van der Waals surface area contributed by atoms with E-state index in [0.29, 0.717) is 29.8 Å². The number of carbonyl (C=O) groups is 1. The Morgan fingerprint density at radius 1 is 1.35 bits per heavy atom. The van der Waals surface area contributed by atoms with Gasteiger partial charge in [0.05, 0.1) is 11.6 Å². The number of carbonyl (C=O) groups excluding carboxylic acids is 1. The molecule has 0 aromatic heterocycles. The van der Waals surface area contributed by atoms with Gasteiger partial charge in [-0.3, -0.25) is 4.79 Å². The van der Waals surface area contributed by atoms with Crippen molar-refractivity contribution < 1.29 is 9.53 Å². The van der Waals surface area contributed by atoms with Crippen molar-refractivity contribution in [3.05, 3.63) is 29.3 Å². The normalized spacial score (nSPS) is 12.5. The van der Waals surface area contributed by atoms with Gasteiger partial charge < -0.3 is 20.3 Å². The van der Waals surface area contributed by atoms with E-state index >= 15 is 0 Å². The largest absolute Gasteiger partial charge is 0.487 e. The van der Waals surface area contributed by atoms with E-state index in [1.54, 1.807) is 20.2 Å². The van der Waals surface area contributed by atoms with Crippen molar-refractivity contribution in [3.63, 3.8) is 0 Å². The molecule has 1 aromatic carbocycles. The van der Waals surface area contributed by atoms with Crippen LogP contribution in [0, 0.1) is 0 Å². The predicted molar refractivity (Wildman–Crippen MR) is 94.2 cm³/mol. The third-order valence-electron chi connectivity index (χ3n) is 2.94. The number of hydrogen-bond acceptors (Lipinski definition) is 3. The van der Waals surface area contributed by atoms with E-state index in [9.17, 15) is 4.79 Å². The lowest BCUT2D eigenvalue weighted by Crippen LogP contribution is -2.42. The lowest BCUT2D eigenvalue weighted by atomic mass is 10.3. The fraction of sp³-hybridized carbons (Fsp3) is 0.500. The highest BCUT2D eigenvalue weighted by molar-refractivity contribution is 6.32. The number of nitrogens with zero attached hydrogens (tertiary/aromatic N) is 2. The van der Waals surface area contributed by atoms with Crippen LogP contribution in [0.25, 0.3) is 0 Å². The maximum absolute atomic E-state index is 11.6. The van der Waals surface area contributed by atoms with Gasteiger partial charge in [-0.25, -0.2) is 4.99 Å². The molecule has 2 N–H and O–H groups in total. The van der Waals surface area contributed by atoms with E-state index in [1.807, 2.05) is 32.0 Å². The van der Waals surface area contributed by atoms with Gasteiger partial charge in [0, 0.05) is 20.6 Å². The topological polar surface area (TPSA) is 66.0 Å². The second kappa shape index (κ2) is 9.94. The number of para-hydroxylation sites is 1. The van der Waals surface area contributed by atoms with Gasteiger partial charge >= 0.3 is 0 Å². The third kappa shape index (κ3) is 7.23. The molecule has 0 aliphatic heterocycles. The van der Waals surface area contributed by atoms with Crippen molar-refractivity contribution in [1.82, 2.24) is 15.5 Å². The van der Waals surface area contributed by atoms with E-state index in [0.717, 1.165) is 0 Å². The van der Waals surface area contributed by atoms with Crippen molar-refractivity contribution in [2.45, 2.75) is 20.0 Å². The quantitative estimate of drug-likeness (QED) is 0.586. The maximum Gasteiger partial charge on any atom is 0.243 e. The Kier molecular flexibility index (Phi) is 8.26. The molecule has 0 saturated carbocycles. The number of amides is 1. The van der Waals surface area contributed by atoms with Crippen LogP contribution in [-0.4, -0.2) is 56.6 Å². The summed E-state index contributed by atoms with van der Waals surface area (Å²) >= 11 is 6.07. The van der Waals surface area contributed by atoms with Crippen LogP contribution in [0.1, 0.15) is 13.8 Å². The summed E-state index contributed by atoms with van der Waals surface area (Å²) in [4.78, 5) is 17.4. The number of halogens is 1. The Hall–Kier alpha value is -1.95. The minimum absolute atomic E-state index is 0.0532. The predicted octanol–water partition coefficient (Wildman–Crippen LogP) is 1.75. The molecule has 0 aliphatic rings. The van der Waals surface area contributed by atoms with Gasteiger partial charge in [0.2, 0.25) is 5.91 Å². The van der Waals surface area contributed by atoms with Crippen molar-refractivity contribution in [3.8, 4) is 5.75 Å². The van der Waals surface area contributed by atoms with Crippen molar-refractivity contribution in [2.75, 3.05) is 33.7 Å². The monoisotopic (exact) mass is 340 g/mol. The minimum atomic E-state index is -0.108. The number of hydrogen-bond donors (Lipinski definition) is 2. The molecular formula is C16H25ClN4O2. The number of likely N-dealkylation sites (N-methyl/N-ethyl adjacent to an activating group) is 1. The fourth-order valence-corrected chi connectivity index (χ4v) is 1.85. The summed E-state index contributed by atoms with van der Waals surface area (Å²) in [5, 5.41) is 6.83. The van der Waals surface area contributed by atoms with Gasteiger partial charge in [-0.05, 0) is 26.0 Å². The first kappa shape index (κ1) is 19.1. The molecule has 1 amide bonds. The van der Waals surface area contributed by atoms with Gasteiger partial charge in [-0.2, -0.15) is 0 Å². The number of aliphatic imine (C=N–C) groups is 1. The summed E-state index contributed by atoms with van der Waals surface area (Å²) in [7, 11) is 3.41. The van der Waals surface area contributed by atoms with E-state index < -0.39 is 0 Å². The standard InChI is InChI=1S/C16H25ClN4O2/c1-5-18-16(20-11-15(22)21(3)4)19-10-12(2)23-14-9-7-6-8-13(14)17/h6-9,12H,5,10-11H2,1-4H3,(H2,18,19,20). The zero-order chi connectivity index (χ0) is 17.2. The Labute approximate surface area is 142 Å². The van der Waals surface area contributed by atoms with Gasteiger partial charge in [0.15, 0.2) is 5.96 Å². The van der Waals surface area contributed by atoms with E-state index in [4.69, 9.17) is 16.3 Å². The molecule has 0 saturated heterocycles. The zero-order valence-corrected chi connectivity index (χ0v) is 14.9. The molecule has 7 heteroatoms. The second-order valence-corrected chi connectivity index (χ2v) is 5.63. The van der Waals surface area contributed by atoms with Crippen LogP contribution in [-0.2, 0) is 4.79 Å². The number of benzene rings is 1. The summed E-state index contributed by atoms with van der Waals surface area (Å²) in [5.74, 6) is 1.17. The van der Waals surface area contributed by atoms with Crippen LogP contribution in [0.15, 0.2) is 29.3 Å². The first-order valence-corrected chi connectivity index (χ1v) is 7.95. The number of rotatable bonds is 7. The summed E-state index contributed by atoms with van der Waals surface area (Å²) < 4.78 is 5.79. The highest BCUT2D eigenvalue weighted by Gasteiger charge is 2.09. The minimum Gasteiger partial charge on any atom is -0.487 e. The lowest BCUT2D eigenvalue weighted by molar-refractivity contribution is -0.127. The molecule has 0 spiro atoms. The Morgan fingerprint density at radius 2 is 2.04 bits per heavy atom. The molecule has 1 rings (SSSR count). The number of nitrogens with one attached hydrogen (secondary N) is 2. The Bertz CT molecular complexity index is 535. The van der Waals surface area contributed by atoms with Gasteiger partial charge in [0.25, 0.3) is 0 Å². The Morgan fingerprint density at radius 3 is 2.65 bits per heavy atom. The molecule has 1 unspecified atom stereocenters. The van der Waals surface area contributed by atoms with Crippen molar-refractivity contribution >= 4 is 23.5 Å². The van der Waals surface area contributed by atoms with E-state index in [-0.39, 0.29) is 18.6 Å². The van der Waals surface area contributed by atoms with Crippen LogP contribution in [0.2, 0.25) is 5.02 Å². The first-order chi connectivity index (χ1) is 10.9. The Balaban J connectivity index is 2.52. The summed E-state index contributed by atoms with van der Waals surface area (Å²) in [6.45, 7) is 5.25. The fourth-order valence-electron chi connectivity index (χ4n) is 1.67. The molecule has 0 heterocycles. The molecule has 0 bridgehead atoms. The molecule has 0 aliphatic carbocycles. The molecule has 0 fully saturated rings. The summed E-state index contributed by atoms with van der Waals surface area (Å²) in [5.41, 5.74) is 0. The molecule has 1 atom stereocenters. The van der Waals surface area contributed by atoms with Gasteiger partial charge in [-0.15, -0.1) is 0 Å². The smallest absolute Gasteiger partial charge is 0.243 e. The van der Waals surface area contributed by atoms with Gasteiger partial charge in [-0.1, -0.05) is 23.7 Å². The van der Waals surface area contributed by atoms with Crippen molar-refractivity contribution in [1.29, 1.82) is 0 Å². The summed E-state index contributed by atoms with van der Waals surface area (Å²) in [6, 6.07) is 7.35. The van der Waals surface area contributed by atoms with E-state index in [2.05, 4.69) is 15.6 Å². The van der Waals surface area contributed by atoms with Crippen LogP contribution >= 0.6 is 11.6 Å².